The maximum atomic E-state index is 14.1. The molecule has 2 bridgehead atoms. The number of carbonyl (C=O) groups excluding carboxylic acids is 3. The normalized spacial score (nSPS) is 21.9. The first-order valence-corrected chi connectivity index (χ1v) is 13.2. The second-order valence-corrected chi connectivity index (χ2v) is 10.3. The number of nitrogens with zero attached hydrogens (tertiary/aromatic N) is 1. The minimum Gasteiger partial charge on any atom is -0.497 e. The second-order valence-electron chi connectivity index (χ2n) is 10.3. The zero-order valence-corrected chi connectivity index (χ0v) is 22.0. The average Bonchev–Trinajstić information content (AvgIpc) is 3.27. The lowest BCUT2D eigenvalue weighted by Gasteiger charge is -2.45. The Hall–Kier alpha value is -4.91. The zero-order valence-electron chi connectivity index (χ0n) is 22.0. The van der Waals surface area contributed by atoms with Crippen LogP contribution in [0.4, 0.5) is 11.4 Å². The summed E-state index contributed by atoms with van der Waals surface area (Å²) < 4.78 is 10.6. The molecule has 4 aliphatic rings. The van der Waals surface area contributed by atoms with Gasteiger partial charge in [0.25, 0.3) is 5.91 Å². The van der Waals surface area contributed by atoms with E-state index in [2.05, 4.69) is 29.6 Å². The Morgan fingerprint density at radius 2 is 1.27 bits per heavy atom. The van der Waals surface area contributed by atoms with E-state index in [1.165, 1.54) is 12.0 Å². The van der Waals surface area contributed by atoms with Crippen LogP contribution in [0.2, 0.25) is 0 Å². The van der Waals surface area contributed by atoms with Gasteiger partial charge in [-0.1, -0.05) is 54.6 Å². The van der Waals surface area contributed by atoms with Gasteiger partial charge in [-0.2, -0.15) is 0 Å². The molecular weight excluding hydrogens is 504 g/mol. The van der Waals surface area contributed by atoms with Crippen molar-refractivity contribution in [1.82, 2.24) is 0 Å². The van der Waals surface area contributed by atoms with Crippen LogP contribution < -0.4 is 19.7 Å². The molecule has 198 valence electrons. The van der Waals surface area contributed by atoms with Crippen LogP contribution in [0.15, 0.2) is 91.0 Å². The average molecular weight is 531 g/mol. The first-order valence-electron chi connectivity index (χ1n) is 13.2. The highest BCUT2D eigenvalue weighted by Gasteiger charge is 2.61. The Bertz CT molecular complexity index is 1600. The fourth-order valence-electron chi connectivity index (χ4n) is 6.81. The molecule has 0 saturated carbocycles. The largest absolute Gasteiger partial charge is 0.497 e. The van der Waals surface area contributed by atoms with Crippen molar-refractivity contribution >= 4 is 29.1 Å². The van der Waals surface area contributed by atoms with Crippen LogP contribution in [0.1, 0.15) is 44.4 Å². The molecule has 1 N–H and O–H groups in total. The molecule has 1 heterocycles. The van der Waals surface area contributed by atoms with Crippen molar-refractivity contribution < 1.29 is 23.9 Å². The van der Waals surface area contributed by atoms with E-state index in [4.69, 9.17) is 9.47 Å². The van der Waals surface area contributed by atoms with Gasteiger partial charge in [0.05, 0.1) is 37.4 Å². The van der Waals surface area contributed by atoms with E-state index >= 15 is 0 Å². The predicted molar refractivity (Wildman–Crippen MR) is 150 cm³/mol. The molecule has 8 rings (SSSR count). The monoisotopic (exact) mass is 530 g/mol. The van der Waals surface area contributed by atoms with Crippen LogP contribution in [0.5, 0.6) is 11.5 Å². The Balaban J connectivity index is 1.23. The smallest absolute Gasteiger partial charge is 0.255 e. The Kier molecular flexibility index (Phi) is 5.49. The van der Waals surface area contributed by atoms with Gasteiger partial charge in [-0.25, -0.2) is 4.90 Å². The van der Waals surface area contributed by atoms with E-state index in [-0.39, 0.29) is 29.6 Å². The van der Waals surface area contributed by atoms with Crippen molar-refractivity contribution in [3.63, 3.8) is 0 Å². The number of hydrogen-bond donors (Lipinski definition) is 1. The second kappa shape index (κ2) is 9.09. The topological polar surface area (TPSA) is 84.9 Å². The maximum absolute atomic E-state index is 14.1. The number of rotatable bonds is 5. The maximum Gasteiger partial charge on any atom is 0.255 e. The van der Waals surface area contributed by atoms with E-state index in [1.54, 1.807) is 49.6 Å². The summed E-state index contributed by atoms with van der Waals surface area (Å²) in [4.78, 5) is 42.6. The quantitative estimate of drug-likeness (QED) is 0.352. The SMILES string of the molecule is COc1ccc(NC(=O)c2cccc(N3C(=O)[C@@H]4C5c6ccccc6C(c6ccccc65)[C@@H]4C3=O)c2)c(OC)c1. The minimum absolute atomic E-state index is 0.183. The van der Waals surface area contributed by atoms with E-state index in [9.17, 15) is 14.4 Å². The van der Waals surface area contributed by atoms with E-state index in [0.29, 0.717) is 28.4 Å². The fraction of sp³-hybridized carbons (Fsp3) is 0.182. The molecule has 7 heteroatoms. The molecular formula is C33H26N2O5. The van der Waals surface area contributed by atoms with Gasteiger partial charge in [-0.3, -0.25) is 14.4 Å². The number of carbonyl (C=O) groups is 3. The number of anilines is 2. The number of hydrogen-bond acceptors (Lipinski definition) is 5. The summed E-state index contributed by atoms with van der Waals surface area (Å²) in [6, 6.07) is 28.1. The van der Waals surface area contributed by atoms with Crippen LogP contribution >= 0.6 is 0 Å². The van der Waals surface area contributed by atoms with Crippen molar-refractivity contribution in [3.8, 4) is 11.5 Å². The molecule has 0 radical (unpaired) electrons. The molecule has 2 atom stereocenters. The number of methoxy groups -OCH3 is 2. The van der Waals surface area contributed by atoms with Crippen molar-refractivity contribution in [3.05, 3.63) is 119 Å². The van der Waals surface area contributed by atoms with Gasteiger partial charge in [0.1, 0.15) is 11.5 Å². The number of nitrogens with one attached hydrogen (secondary N) is 1. The summed E-state index contributed by atoms with van der Waals surface area (Å²) >= 11 is 0. The van der Waals surface area contributed by atoms with Crippen LogP contribution in [0.25, 0.3) is 0 Å². The molecule has 3 aliphatic carbocycles. The lowest BCUT2D eigenvalue weighted by atomic mass is 9.55. The number of ether oxygens (including phenoxy) is 2. The Labute approximate surface area is 231 Å². The molecule has 1 saturated heterocycles. The number of amides is 3. The molecule has 0 unspecified atom stereocenters. The standard InChI is InChI=1S/C33H26N2O5/c1-39-20-14-15-25(26(17-20)40-2)34-31(36)18-8-7-9-19(16-18)35-32(37)29-27-21-10-3-4-11-22(21)28(30(29)33(35)38)24-13-6-5-12-23(24)27/h3-17,27-30H,1-2H3,(H,34,36)/t27?,28?,29-,30+. The lowest BCUT2D eigenvalue weighted by Crippen LogP contribution is -2.41. The number of imide groups is 1. The summed E-state index contributed by atoms with van der Waals surface area (Å²) in [6.45, 7) is 0. The molecule has 4 aromatic carbocycles. The summed E-state index contributed by atoms with van der Waals surface area (Å²) in [6.07, 6.45) is 0. The fourth-order valence-corrected chi connectivity index (χ4v) is 6.81. The summed E-state index contributed by atoms with van der Waals surface area (Å²) in [5.74, 6) is -1.11. The molecule has 4 aromatic rings. The summed E-state index contributed by atoms with van der Waals surface area (Å²) in [5.41, 5.74) is 5.68. The zero-order chi connectivity index (χ0) is 27.5. The van der Waals surface area contributed by atoms with Gasteiger partial charge in [0, 0.05) is 23.5 Å². The van der Waals surface area contributed by atoms with Gasteiger partial charge in [-0.05, 0) is 52.6 Å². The molecule has 0 aromatic heterocycles. The van der Waals surface area contributed by atoms with E-state index in [1.807, 2.05) is 24.3 Å². The molecule has 3 amide bonds. The molecule has 1 aliphatic heterocycles. The minimum atomic E-state index is -0.483. The highest BCUT2D eigenvalue weighted by atomic mass is 16.5. The molecule has 0 spiro atoms. The first-order chi connectivity index (χ1) is 19.5. The molecule has 40 heavy (non-hydrogen) atoms. The lowest BCUT2D eigenvalue weighted by molar-refractivity contribution is -0.122. The van der Waals surface area contributed by atoms with Crippen molar-refractivity contribution in [2.75, 3.05) is 24.4 Å². The van der Waals surface area contributed by atoms with Gasteiger partial charge in [-0.15, -0.1) is 0 Å². The van der Waals surface area contributed by atoms with Crippen LogP contribution in [-0.2, 0) is 9.59 Å². The van der Waals surface area contributed by atoms with Crippen molar-refractivity contribution in [2.24, 2.45) is 11.8 Å². The van der Waals surface area contributed by atoms with Gasteiger partial charge in [0.2, 0.25) is 11.8 Å². The van der Waals surface area contributed by atoms with Crippen molar-refractivity contribution in [1.29, 1.82) is 0 Å². The summed E-state index contributed by atoms with van der Waals surface area (Å²) in [7, 11) is 3.07. The van der Waals surface area contributed by atoms with E-state index in [0.717, 1.165) is 22.3 Å². The predicted octanol–water partition coefficient (Wildman–Crippen LogP) is 5.35. The van der Waals surface area contributed by atoms with Gasteiger partial charge in [0.15, 0.2) is 0 Å². The third kappa shape index (κ3) is 3.40. The third-order valence-electron chi connectivity index (χ3n) is 8.47. The van der Waals surface area contributed by atoms with Crippen LogP contribution in [-0.4, -0.2) is 31.9 Å². The van der Waals surface area contributed by atoms with Gasteiger partial charge < -0.3 is 14.8 Å². The van der Waals surface area contributed by atoms with Crippen LogP contribution in [0.3, 0.4) is 0 Å². The van der Waals surface area contributed by atoms with Gasteiger partial charge >= 0.3 is 0 Å². The Morgan fingerprint density at radius 3 is 1.80 bits per heavy atom. The molecule has 1 fully saturated rings. The van der Waals surface area contributed by atoms with Crippen LogP contribution in [0, 0.1) is 11.8 Å². The van der Waals surface area contributed by atoms with Crippen molar-refractivity contribution in [2.45, 2.75) is 11.8 Å². The van der Waals surface area contributed by atoms with E-state index < -0.39 is 11.8 Å². The molecule has 7 nitrogen and oxygen atoms in total. The Morgan fingerprint density at radius 1 is 0.700 bits per heavy atom. The summed E-state index contributed by atoms with van der Waals surface area (Å²) in [5, 5.41) is 2.86. The number of benzene rings is 4. The third-order valence-corrected chi connectivity index (χ3v) is 8.47. The first kappa shape index (κ1) is 24.2. The highest BCUT2D eigenvalue weighted by molar-refractivity contribution is 6.23. The highest BCUT2D eigenvalue weighted by Crippen LogP contribution is 2.61.